The SMILES string of the molecule is CC(=O)C1CC(O)CN1CCC(C)(C)C. The highest BCUT2D eigenvalue weighted by Gasteiger charge is 2.33. The first-order valence-electron chi connectivity index (χ1n) is 5.72. The Hall–Kier alpha value is -0.410. The summed E-state index contributed by atoms with van der Waals surface area (Å²) in [6.45, 7) is 9.77. The molecule has 0 bridgehead atoms. The first-order chi connectivity index (χ1) is 6.79. The van der Waals surface area contributed by atoms with E-state index in [0.29, 0.717) is 13.0 Å². The van der Waals surface area contributed by atoms with Crippen LogP contribution in [0, 0.1) is 5.41 Å². The fourth-order valence-corrected chi connectivity index (χ4v) is 2.03. The van der Waals surface area contributed by atoms with Crippen LogP contribution in [-0.2, 0) is 4.79 Å². The van der Waals surface area contributed by atoms with E-state index in [1.54, 1.807) is 6.92 Å². The van der Waals surface area contributed by atoms with E-state index in [1.165, 1.54) is 0 Å². The van der Waals surface area contributed by atoms with Crippen LogP contribution in [0.4, 0.5) is 0 Å². The van der Waals surface area contributed by atoms with Crippen molar-refractivity contribution in [3.8, 4) is 0 Å². The van der Waals surface area contributed by atoms with Gasteiger partial charge < -0.3 is 5.11 Å². The summed E-state index contributed by atoms with van der Waals surface area (Å²) in [6.07, 6.45) is 1.35. The van der Waals surface area contributed by atoms with Crippen LogP contribution in [0.2, 0.25) is 0 Å². The first kappa shape index (κ1) is 12.7. The second kappa shape index (κ2) is 4.62. The molecule has 0 aromatic carbocycles. The van der Waals surface area contributed by atoms with Gasteiger partial charge in [-0.1, -0.05) is 20.8 Å². The Morgan fingerprint density at radius 2 is 2.07 bits per heavy atom. The Morgan fingerprint density at radius 3 is 2.53 bits per heavy atom. The van der Waals surface area contributed by atoms with Gasteiger partial charge in [-0.3, -0.25) is 9.69 Å². The lowest BCUT2D eigenvalue weighted by Gasteiger charge is -2.26. The van der Waals surface area contributed by atoms with Crippen LogP contribution in [-0.4, -0.2) is 41.0 Å². The van der Waals surface area contributed by atoms with Gasteiger partial charge in [0.2, 0.25) is 0 Å². The predicted molar refractivity (Wildman–Crippen MR) is 60.7 cm³/mol. The molecule has 3 nitrogen and oxygen atoms in total. The molecule has 3 heteroatoms. The molecule has 0 radical (unpaired) electrons. The number of carbonyl (C=O) groups is 1. The number of β-amino-alcohol motifs (C(OH)–C–C–N with tert-alkyl or cyclic N) is 1. The Balaban J connectivity index is 2.49. The zero-order valence-corrected chi connectivity index (χ0v) is 10.3. The van der Waals surface area contributed by atoms with Gasteiger partial charge in [-0.15, -0.1) is 0 Å². The summed E-state index contributed by atoms with van der Waals surface area (Å²) in [5.74, 6) is 0.181. The normalized spacial score (nSPS) is 28.3. The molecule has 1 heterocycles. The average Bonchev–Trinajstić information content (AvgIpc) is 2.42. The highest BCUT2D eigenvalue weighted by molar-refractivity contribution is 5.81. The molecule has 2 unspecified atom stereocenters. The lowest BCUT2D eigenvalue weighted by Crippen LogP contribution is -2.36. The number of likely N-dealkylation sites (tertiary alicyclic amines) is 1. The molecular formula is C12H23NO2. The molecule has 0 saturated carbocycles. The maximum absolute atomic E-state index is 11.4. The molecule has 15 heavy (non-hydrogen) atoms. The molecule has 1 aliphatic heterocycles. The minimum Gasteiger partial charge on any atom is -0.392 e. The number of carbonyl (C=O) groups excluding carboxylic acids is 1. The molecule has 0 aromatic rings. The number of aliphatic hydroxyl groups excluding tert-OH is 1. The van der Waals surface area contributed by atoms with E-state index >= 15 is 0 Å². The fraction of sp³-hybridized carbons (Fsp3) is 0.917. The summed E-state index contributed by atoms with van der Waals surface area (Å²) in [7, 11) is 0. The number of aliphatic hydroxyl groups is 1. The van der Waals surface area contributed by atoms with E-state index in [-0.39, 0.29) is 23.3 Å². The van der Waals surface area contributed by atoms with Crippen molar-refractivity contribution in [1.29, 1.82) is 0 Å². The van der Waals surface area contributed by atoms with E-state index in [9.17, 15) is 9.90 Å². The van der Waals surface area contributed by atoms with Crippen molar-refractivity contribution in [3.05, 3.63) is 0 Å². The van der Waals surface area contributed by atoms with Crippen molar-refractivity contribution in [3.63, 3.8) is 0 Å². The van der Waals surface area contributed by atoms with E-state index in [2.05, 4.69) is 25.7 Å². The molecule has 2 atom stereocenters. The lowest BCUT2D eigenvalue weighted by molar-refractivity contribution is -0.121. The van der Waals surface area contributed by atoms with E-state index in [0.717, 1.165) is 13.0 Å². The van der Waals surface area contributed by atoms with Crippen molar-refractivity contribution in [2.24, 2.45) is 5.41 Å². The van der Waals surface area contributed by atoms with Crippen LogP contribution in [0.1, 0.15) is 40.5 Å². The number of rotatable bonds is 3. The molecule has 0 aromatic heterocycles. The maximum atomic E-state index is 11.4. The Morgan fingerprint density at radius 1 is 1.47 bits per heavy atom. The molecule has 1 fully saturated rings. The van der Waals surface area contributed by atoms with Crippen molar-refractivity contribution in [2.75, 3.05) is 13.1 Å². The van der Waals surface area contributed by atoms with E-state index in [4.69, 9.17) is 0 Å². The molecule has 1 rings (SSSR count). The lowest BCUT2D eigenvalue weighted by atomic mass is 9.92. The summed E-state index contributed by atoms with van der Waals surface area (Å²) in [5.41, 5.74) is 0.287. The highest BCUT2D eigenvalue weighted by atomic mass is 16.3. The van der Waals surface area contributed by atoms with E-state index < -0.39 is 0 Å². The minimum absolute atomic E-state index is 0.0534. The van der Waals surface area contributed by atoms with Crippen LogP contribution >= 0.6 is 0 Å². The van der Waals surface area contributed by atoms with Crippen LogP contribution in [0.3, 0.4) is 0 Å². The molecule has 0 spiro atoms. The number of hydrogen-bond donors (Lipinski definition) is 1. The zero-order valence-electron chi connectivity index (χ0n) is 10.3. The van der Waals surface area contributed by atoms with Gasteiger partial charge in [0.25, 0.3) is 0 Å². The molecule has 0 amide bonds. The second-order valence-electron chi connectivity index (χ2n) is 5.82. The molecule has 1 N–H and O–H groups in total. The standard InChI is InChI=1S/C12H23NO2/c1-9(14)11-7-10(15)8-13(11)6-5-12(2,3)4/h10-11,15H,5-8H2,1-4H3. The maximum Gasteiger partial charge on any atom is 0.146 e. The fourth-order valence-electron chi connectivity index (χ4n) is 2.03. The topological polar surface area (TPSA) is 40.5 Å². The highest BCUT2D eigenvalue weighted by Crippen LogP contribution is 2.24. The second-order valence-corrected chi connectivity index (χ2v) is 5.82. The van der Waals surface area contributed by atoms with Gasteiger partial charge in [-0.25, -0.2) is 0 Å². The van der Waals surface area contributed by atoms with Gasteiger partial charge in [-0.2, -0.15) is 0 Å². The van der Waals surface area contributed by atoms with Gasteiger partial charge in [-0.05, 0) is 31.7 Å². The number of Topliss-reactive ketones (excluding diaryl/α,β-unsaturated/α-hetero) is 1. The smallest absolute Gasteiger partial charge is 0.146 e. The molecular weight excluding hydrogens is 190 g/mol. The minimum atomic E-state index is -0.320. The Labute approximate surface area is 92.5 Å². The average molecular weight is 213 g/mol. The third-order valence-electron chi connectivity index (χ3n) is 3.00. The third kappa shape index (κ3) is 3.92. The van der Waals surface area contributed by atoms with E-state index in [1.807, 2.05) is 0 Å². The van der Waals surface area contributed by atoms with Gasteiger partial charge in [0.1, 0.15) is 5.78 Å². The van der Waals surface area contributed by atoms with Crippen molar-refractivity contribution in [1.82, 2.24) is 4.90 Å². The first-order valence-corrected chi connectivity index (χ1v) is 5.72. The van der Waals surface area contributed by atoms with Gasteiger partial charge in [0, 0.05) is 6.54 Å². The summed E-state index contributed by atoms with van der Waals surface area (Å²) < 4.78 is 0. The van der Waals surface area contributed by atoms with Crippen molar-refractivity contribution >= 4 is 5.78 Å². The molecule has 88 valence electrons. The predicted octanol–water partition coefficient (Wildman–Crippen LogP) is 1.45. The van der Waals surface area contributed by atoms with Crippen LogP contribution in [0.5, 0.6) is 0 Å². The molecule has 1 saturated heterocycles. The number of nitrogens with zero attached hydrogens (tertiary/aromatic N) is 1. The molecule has 0 aliphatic carbocycles. The monoisotopic (exact) mass is 213 g/mol. The van der Waals surface area contributed by atoms with Crippen LogP contribution in [0.25, 0.3) is 0 Å². The van der Waals surface area contributed by atoms with Crippen molar-refractivity contribution < 1.29 is 9.90 Å². The van der Waals surface area contributed by atoms with Crippen molar-refractivity contribution in [2.45, 2.75) is 52.7 Å². The van der Waals surface area contributed by atoms with Crippen LogP contribution in [0.15, 0.2) is 0 Å². The van der Waals surface area contributed by atoms with Gasteiger partial charge >= 0.3 is 0 Å². The zero-order chi connectivity index (χ0) is 11.6. The van der Waals surface area contributed by atoms with Gasteiger partial charge in [0.05, 0.1) is 12.1 Å². The Bertz CT molecular complexity index is 232. The largest absolute Gasteiger partial charge is 0.392 e. The number of hydrogen-bond acceptors (Lipinski definition) is 3. The Kier molecular flexibility index (Phi) is 3.90. The molecule has 1 aliphatic rings. The summed E-state index contributed by atoms with van der Waals surface area (Å²) in [4.78, 5) is 13.5. The van der Waals surface area contributed by atoms with Gasteiger partial charge in [0.15, 0.2) is 0 Å². The third-order valence-corrected chi connectivity index (χ3v) is 3.00. The number of ketones is 1. The van der Waals surface area contributed by atoms with Crippen LogP contribution < -0.4 is 0 Å². The summed E-state index contributed by atoms with van der Waals surface area (Å²) in [5, 5.41) is 9.55. The summed E-state index contributed by atoms with van der Waals surface area (Å²) in [6, 6.07) is -0.0534. The quantitative estimate of drug-likeness (QED) is 0.771. The summed E-state index contributed by atoms with van der Waals surface area (Å²) >= 11 is 0.